The second-order valence-corrected chi connectivity index (χ2v) is 4.63. The number of rotatable bonds is 3. The van der Waals surface area contributed by atoms with Crippen LogP contribution in [0.3, 0.4) is 0 Å². The lowest BCUT2D eigenvalue weighted by atomic mass is 9.95. The predicted molar refractivity (Wildman–Crippen MR) is 67.9 cm³/mol. The van der Waals surface area contributed by atoms with Gasteiger partial charge in [0.2, 0.25) is 0 Å². The van der Waals surface area contributed by atoms with Gasteiger partial charge in [0.15, 0.2) is 0 Å². The Morgan fingerprint density at radius 1 is 1.14 bits per heavy atom. The lowest BCUT2D eigenvalue weighted by Gasteiger charge is -2.28. The highest BCUT2D eigenvalue weighted by molar-refractivity contribution is 5.91. The quantitative estimate of drug-likeness (QED) is 0.794. The highest BCUT2D eigenvalue weighted by Gasteiger charge is 2.63. The van der Waals surface area contributed by atoms with Crippen LogP contribution in [0, 0.1) is 0 Å². The lowest BCUT2D eigenvalue weighted by Crippen LogP contribution is -2.44. The Balaban J connectivity index is 2.31. The summed E-state index contributed by atoms with van der Waals surface area (Å²) in [5, 5.41) is 0. The number of ether oxygens (including phenoxy) is 1. The zero-order valence-corrected chi connectivity index (χ0v) is 11.4. The van der Waals surface area contributed by atoms with Crippen LogP contribution in [0.2, 0.25) is 0 Å². The summed E-state index contributed by atoms with van der Waals surface area (Å²) in [4.78, 5) is 5.42. The van der Waals surface area contributed by atoms with E-state index in [1.54, 1.807) is 7.05 Å². The molecule has 122 valence electrons. The third-order valence-corrected chi connectivity index (χ3v) is 3.24. The van der Waals surface area contributed by atoms with Gasteiger partial charge in [0, 0.05) is 18.3 Å². The molecule has 1 aromatic rings. The molecule has 1 aliphatic heterocycles. The van der Waals surface area contributed by atoms with Crippen molar-refractivity contribution in [3.63, 3.8) is 0 Å². The molecule has 0 aliphatic carbocycles. The van der Waals surface area contributed by atoms with Crippen molar-refractivity contribution in [1.82, 2.24) is 0 Å². The summed E-state index contributed by atoms with van der Waals surface area (Å²) < 4.78 is 82.2. The van der Waals surface area contributed by atoms with Crippen molar-refractivity contribution in [3.05, 3.63) is 29.8 Å². The minimum Gasteiger partial charge on any atom is -0.463 e. The molecule has 2 rings (SSSR count). The van der Waals surface area contributed by atoms with Crippen LogP contribution in [0.1, 0.15) is 5.56 Å². The van der Waals surface area contributed by atoms with Crippen molar-refractivity contribution < 1.29 is 31.1 Å². The molecule has 0 radical (unpaired) electrons. The molecule has 0 spiro atoms. The number of amidine groups is 1. The van der Waals surface area contributed by atoms with Gasteiger partial charge in [-0.25, -0.2) is 18.2 Å². The van der Waals surface area contributed by atoms with Crippen molar-refractivity contribution in [2.45, 2.75) is 18.3 Å². The standard InChI is InChI=1S/C13H12F6N2O/c1-21(11-20-6-7-22-11)9-4-2-8(3-5-9)12(16,10(14)15)13(17,18)19/h2-5,10H,6-7H2,1H3. The maximum atomic E-state index is 13.9. The van der Waals surface area contributed by atoms with Crippen LogP contribution in [0.15, 0.2) is 29.3 Å². The SMILES string of the molecule is CN(C1=NCCO1)c1ccc(C(F)(C(F)F)C(F)(F)F)cc1. The molecule has 0 bridgehead atoms. The lowest BCUT2D eigenvalue weighted by molar-refractivity contribution is -0.274. The highest BCUT2D eigenvalue weighted by atomic mass is 19.4. The largest absolute Gasteiger partial charge is 0.463 e. The van der Waals surface area contributed by atoms with Crippen molar-refractivity contribution in [3.8, 4) is 0 Å². The molecule has 0 N–H and O–H groups in total. The Kier molecular flexibility index (Phi) is 4.25. The zero-order valence-electron chi connectivity index (χ0n) is 11.4. The van der Waals surface area contributed by atoms with E-state index in [2.05, 4.69) is 4.99 Å². The Bertz CT molecular complexity index is 557. The van der Waals surface area contributed by atoms with E-state index in [-0.39, 0.29) is 6.02 Å². The van der Waals surface area contributed by atoms with Crippen LogP contribution < -0.4 is 4.90 Å². The van der Waals surface area contributed by atoms with E-state index in [9.17, 15) is 26.3 Å². The normalized spacial score (nSPS) is 17.9. The molecule has 0 aromatic heterocycles. The van der Waals surface area contributed by atoms with Gasteiger partial charge in [-0.1, -0.05) is 12.1 Å². The van der Waals surface area contributed by atoms with E-state index in [0.717, 1.165) is 12.1 Å². The van der Waals surface area contributed by atoms with Gasteiger partial charge >= 0.3 is 6.18 Å². The second-order valence-electron chi connectivity index (χ2n) is 4.63. The molecule has 1 unspecified atom stereocenters. The summed E-state index contributed by atoms with van der Waals surface area (Å²) in [5.41, 5.74) is -5.52. The molecular formula is C13H12F6N2O. The fourth-order valence-electron chi connectivity index (χ4n) is 1.98. The first-order valence-corrected chi connectivity index (χ1v) is 6.23. The van der Waals surface area contributed by atoms with Crippen LogP contribution >= 0.6 is 0 Å². The van der Waals surface area contributed by atoms with E-state index in [4.69, 9.17) is 4.74 Å². The summed E-state index contributed by atoms with van der Waals surface area (Å²) in [5.74, 6) is 0. The summed E-state index contributed by atoms with van der Waals surface area (Å²) in [6.45, 7) is 0.829. The molecular weight excluding hydrogens is 314 g/mol. The fourth-order valence-corrected chi connectivity index (χ4v) is 1.98. The maximum absolute atomic E-state index is 13.9. The number of anilines is 1. The number of hydrogen-bond acceptors (Lipinski definition) is 3. The van der Waals surface area contributed by atoms with E-state index >= 15 is 0 Å². The number of nitrogens with zero attached hydrogens (tertiary/aromatic N) is 2. The number of aliphatic imine (C=N–C) groups is 1. The molecule has 0 fully saturated rings. The summed E-state index contributed by atoms with van der Waals surface area (Å²) >= 11 is 0. The smallest absolute Gasteiger partial charge is 0.432 e. The average Bonchev–Trinajstić information content (AvgIpc) is 2.98. The molecule has 1 heterocycles. The van der Waals surface area contributed by atoms with Gasteiger partial charge in [0.05, 0.1) is 6.54 Å². The van der Waals surface area contributed by atoms with Gasteiger partial charge in [-0.15, -0.1) is 0 Å². The minimum atomic E-state index is -5.72. The van der Waals surface area contributed by atoms with Crippen LogP contribution in [0.25, 0.3) is 0 Å². The molecule has 1 aromatic carbocycles. The Morgan fingerprint density at radius 2 is 1.73 bits per heavy atom. The topological polar surface area (TPSA) is 24.8 Å². The van der Waals surface area contributed by atoms with Gasteiger partial charge in [0.25, 0.3) is 18.1 Å². The maximum Gasteiger partial charge on any atom is 0.432 e. The van der Waals surface area contributed by atoms with Gasteiger partial charge in [0.1, 0.15) is 6.61 Å². The second kappa shape index (κ2) is 5.69. The molecule has 3 nitrogen and oxygen atoms in total. The number of halogens is 6. The Hall–Kier alpha value is -1.93. The van der Waals surface area contributed by atoms with Crippen LogP contribution in [0.5, 0.6) is 0 Å². The van der Waals surface area contributed by atoms with Crippen molar-refractivity contribution in [2.24, 2.45) is 4.99 Å². The third-order valence-electron chi connectivity index (χ3n) is 3.24. The predicted octanol–water partition coefficient (Wildman–Crippen LogP) is 3.50. The monoisotopic (exact) mass is 326 g/mol. The Labute approximate surface area is 122 Å². The first-order valence-electron chi connectivity index (χ1n) is 6.23. The average molecular weight is 326 g/mol. The molecule has 22 heavy (non-hydrogen) atoms. The van der Waals surface area contributed by atoms with Crippen LogP contribution in [-0.2, 0) is 10.4 Å². The van der Waals surface area contributed by atoms with Crippen LogP contribution in [-0.4, -0.2) is 38.8 Å². The van der Waals surface area contributed by atoms with Crippen molar-refractivity contribution in [2.75, 3.05) is 25.1 Å². The van der Waals surface area contributed by atoms with Gasteiger partial charge < -0.3 is 4.74 Å². The summed E-state index contributed by atoms with van der Waals surface area (Å²) in [7, 11) is 1.54. The number of hydrogen-bond donors (Lipinski definition) is 0. The summed E-state index contributed by atoms with van der Waals surface area (Å²) in [6.07, 6.45) is -9.94. The molecule has 1 aliphatic rings. The number of benzene rings is 1. The minimum absolute atomic E-state index is 0.254. The molecule has 0 saturated heterocycles. The third kappa shape index (κ3) is 2.71. The summed E-state index contributed by atoms with van der Waals surface area (Å²) in [6, 6.07) is 3.82. The van der Waals surface area contributed by atoms with E-state index in [0.29, 0.717) is 31.0 Å². The Morgan fingerprint density at radius 3 is 2.14 bits per heavy atom. The van der Waals surface area contributed by atoms with Gasteiger partial charge in [-0.2, -0.15) is 13.2 Å². The van der Waals surface area contributed by atoms with E-state index in [1.807, 2.05) is 0 Å². The highest BCUT2D eigenvalue weighted by Crippen LogP contribution is 2.47. The van der Waals surface area contributed by atoms with E-state index < -0.39 is 23.8 Å². The van der Waals surface area contributed by atoms with Crippen LogP contribution in [0.4, 0.5) is 32.0 Å². The fraction of sp³-hybridized carbons (Fsp3) is 0.462. The molecule has 9 heteroatoms. The molecule has 0 amide bonds. The first kappa shape index (κ1) is 16.4. The van der Waals surface area contributed by atoms with Gasteiger partial charge in [-0.3, -0.25) is 4.90 Å². The van der Waals surface area contributed by atoms with Crippen molar-refractivity contribution in [1.29, 1.82) is 0 Å². The van der Waals surface area contributed by atoms with E-state index in [1.165, 1.54) is 4.90 Å². The first-order chi connectivity index (χ1) is 10.2. The van der Waals surface area contributed by atoms with Crippen molar-refractivity contribution >= 4 is 11.7 Å². The molecule has 1 atom stereocenters. The molecule has 0 saturated carbocycles. The van der Waals surface area contributed by atoms with Gasteiger partial charge in [-0.05, 0) is 12.1 Å². The zero-order chi connectivity index (χ0) is 16.5. The number of alkyl halides is 6.